The number of hydrogen-bond donors (Lipinski definition) is 0. The van der Waals surface area contributed by atoms with E-state index in [0.29, 0.717) is 36.9 Å². The Morgan fingerprint density at radius 2 is 1.67 bits per heavy atom. The van der Waals surface area contributed by atoms with E-state index in [2.05, 4.69) is 19.1 Å². The molecule has 0 spiro atoms. The number of halogens is 1. The summed E-state index contributed by atoms with van der Waals surface area (Å²) in [6.45, 7) is 10.0. The van der Waals surface area contributed by atoms with E-state index >= 15 is 0 Å². The average Bonchev–Trinajstić information content (AvgIpc) is 3.23. The van der Waals surface area contributed by atoms with Crippen LogP contribution in [0.2, 0.25) is 0 Å². The molecule has 36 heavy (non-hydrogen) atoms. The van der Waals surface area contributed by atoms with Gasteiger partial charge in [-0.25, -0.2) is 13.4 Å². The van der Waals surface area contributed by atoms with Crippen LogP contribution in [-0.4, -0.2) is 68.8 Å². The van der Waals surface area contributed by atoms with Gasteiger partial charge in [0.2, 0.25) is 10.0 Å². The van der Waals surface area contributed by atoms with E-state index in [1.165, 1.54) is 27.8 Å². The Morgan fingerprint density at radius 3 is 2.25 bits per heavy atom. The Hall–Kier alpha value is -2.04. The van der Waals surface area contributed by atoms with E-state index in [-0.39, 0.29) is 23.2 Å². The summed E-state index contributed by atoms with van der Waals surface area (Å²) >= 11 is 1.50. The molecule has 3 aromatic rings. The number of likely N-dealkylation sites (N-methyl/N-ethyl adjacent to an activating group) is 1. The number of anilines is 1. The summed E-state index contributed by atoms with van der Waals surface area (Å²) in [6.07, 6.45) is 1.73. The zero-order chi connectivity index (χ0) is 25.8. The summed E-state index contributed by atoms with van der Waals surface area (Å²) in [4.78, 5) is 22.3. The highest BCUT2D eigenvalue weighted by Gasteiger charge is 2.25. The van der Waals surface area contributed by atoms with Crippen molar-refractivity contribution < 1.29 is 13.2 Å². The van der Waals surface area contributed by atoms with Crippen molar-refractivity contribution in [3.63, 3.8) is 0 Å². The van der Waals surface area contributed by atoms with E-state index < -0.39 is 10.0 Å². The zero-order valence-corrected chi connectivity index (χ0v) is 24.4. The predicted octanol–water partition coefficient (Wildman–Crippen LogP) is 5.35. The van der Waals surface area contributed by atoms with E-state index in [1.807, 2.05) is 39.8 Å². The Bertz CT molecular complexity index is 1270. The monoisotopic (exact) mass is 552 g/mol. The van der Waals surface area contributed by atoms with Gasteiger partial charge < -0.3 is 4.90 Å². The molecule has 0 N–H and O–H groups in total. The fourth-order valence-electron chi connectivity index (χ4n) is 3.92. The fourth-order valence-corrected chi connectivity index (χ4v) is 6.57. The van der Waals surface area contributed by atoms with E-state index in [0.717, 1.165) is 34.2 Å². The number of nitrogens with zero attached hydrogens (tertiary/aromatic N) is 4. The molecule has 0 unspecified atom stereocenters. The van der Waals surface area contributed by atoms with Crippen molar-refractivity contribution >= 4 is 55.0 Å². The van der Waals surface area contributed by atoms with Gasteiger partial charge >= 0.3 is 0 Å². The first kappa shape index (κ1) is 30.2. The maximum atomic E-state index is 13.6. The minimum absolute atomic E-state index is 0. The van der Waals surface area contributed by atoms with Gasteiger partial charge in [0.15, 0.2) is 5.13 Å². The number of carbonyl (C=O) groups excluding carboxylic acids is 1. The Kier molecular flexibility index (Phi) is 10.9. The molecule has 1 amide bonds. The van der Waals surface area contributed by atoms with Crippen LogP contribution in [0.25, 0.3) is 10.2 Å². The van der Waals surface area contributed by atoms with Gasteiger partial charge in [0.05, 0.1) is 15.1 Å². The summed E-state index contributed by atoms with van der Waals surface area (Å²) < 4.78 is 28.7. The van der Waals surface area contributed by atoms with Crippen molar-refractivity contribution in [2.75, 3.05) is 45.2 Å². The van der Waals surface area contributed by atoms with Gasteiger partial charge in [0.25, 0.3) is 5.91 Å². The lowest BCUT2D eigenvalue weighted by Gasteiger charge is -2.23. The van der Waals surface area contributed by atoms with Crippen molar-refractivity contribution in [3.8, 4) is 0 Å². The molecular formula is C26H37ClN4O3S2. The molecule has 198 valence electrons. The maximum absolute atomic E-state index is 13.6. The van der Waals surface area contributed by atoms with Crippen molar-refractivity contribution in [3.05, 3.63) is 53.1 Å². The summed E-state index contributed by atoms with van der Waals surface area (Å²) in [7, 11) is 0.335. The third-order valence-electron chi connectivity index (χ3n) is 5.92. The number of benzene rings is 2. The number of amides is 1. The van der Waals surface area contributed by atoms with Crippen molar-refractivity contribution in [1.82, 2.24) is 14.2 Å². The lowest BCUT2D eigenvalue weighted by molar-refractivity contribution is 0.0985. The molecule has 0 fully saturated rings. The standard InChI is InChI=1S/C26H36N4O3S2.ClH/c1-7-9-14-29(8-2)35(32,33)22-12-10-21(11-13-22)25(31)30(16-15-28(5)6)26-27-24-20(4)17-19(3)18-23(24)34-26;/h10-13,17-18H,7-9,14-16H2,1-6H3;1H. The normalized spacial score (nSPS) is 11.8. The van der Waals surface area contributed by atoms with Crippen LogP contribution in [0.3, 0.4) is 0 Å². The highest BCUT2D eigenvalue weighted by molar-refractivity contribution is 7.89. The first-order valence-corrected chi connectivity index (χ1v) is 14.3. The van der Waals surface area contributed by atoms with Gasteiger partial charge in [-0.2, -0.15) is 4.31 Å². The summed E-state index contributed by atoms with van der Waals surface area (Å²) in [5.41, 5.74) is 3.59. The molecule has 7 nitrogen and oxygen atoms in total. The Labute approximate surface area is 225 Å². The number of rotatable bonds is 11. The van der Waals surface area contributed by atoms with Crippen LogP contribution in [0, 0.1) is 13.8 Å². The third kappa shape index (κ3) is 6.83. The number of hydrogen-bond acceptors (Lipinski definition) is 6. The number of aryl methyl sites for hydroxylation is 2. The number of thiazole rings is 1. The number of aromatic nitrogens is 1. The van der Waals surface area contributed by atoms with E-state index in [4.69, 9.17) is 4.98 Å². The van der Waals surface area contributed by atoms with Crippen LogP contribution in [0.4, 0.5) is 5.13 Å². The quantitative estimate of drug-likeness (QED) is 0.320. The van der Waals surface area contributed by atoms with Crippen molar-refractivity contribution in [2.45, 2.75) is 45.4 Å². The average molecular weight is 553 g/mol. The largest absolute Gasteiger partial charge is 0.308 e. The summed E-state index contributed by atoms with van der Waals surface area (Å²) in [5.74, 6) is -0.192. The molecule has 0 bridgehead atoms. The lowest BCUT2D eigenvalue weighted by atomic mass is 10.1. The second-order valence-electron chi connectivity index (χ2n) is 9.06. The molecule has 1 heterocycles. The fraction of sp³-hybridized carbons (Fsp3) is 0.462. The lowest BCUT2D eigenvalue weighted by Crippen LogP contribution is -2.36. The second-order valence-corrected chi connectivity index (χ2v) is 12.0. The molecule has 0 saturated carbocycles. The maximum Gasteiger partial charge on any atom is 0.260 e. The molecule has 2 aromatic carbocycles. The number of unbranched alkanes of at least 4 members (excludes halogenated alkanes) is 1. The summed E-state index contributed by atoms with van der Waals surface area (Å²) in [5, 5.41) is 0.647. The van der Waals surface area contributed by atoms with Gasteiger partial charge in [-0.3, -0.25) is 9.69 Å². The number of carbonyl (C=O) groups is 1. The molecular weight excluding hydrogens is 516 g/mol. The minimum atomic E-state index is -3.59. The number of sulfonamides is 1. The molecule has 0 atom stereocenters. The van der Waals surface area contributed by atoms with Crippen LogP contribution in [-0.2, 0) is 10.0 Å². The summed E-state index contributed by atoms with van der Waals surface area (Å²) in [6, 6.07) is 10.5. The van der Waals surface area contributed by atoms with E-state index in [9.17, 15) is 13.2 Å². The van der Waals surface area contributed by atoms with Gasteiger partial charge in [-0.1, -0.05) is 37.7 Å². The highest BCUT2D eigenvalue weighted by Crippen LogP contribution is 2.32. The topological polar surface area (TPSA) is 73.8 Å². The molecule has 0 aliphatic carbocycles. The molecule has 0 aliphatic rings. The first-order valence-electron chi connectivity index (χ1n) is 12.0. The Morgan fingerprint density at radius 1 is 1.00 bits per heavy atom. The van der Waals surface area contributed by atoms with Gasteiger partial charge in [0.1, 0.15) is 0 Å². The van der Waals surface area contributed by atoms with Crippen LogP contribution in [0.5, 0.6) is 0 Å². The van der Waals surface area contributed by atoms with Gasteiger partial charge in [-0.15, -0.1) is 12.4 Å². The molecule has 3 rings (SSSR count). The molecule has 0 radical (unpaired) electrons. The predicted molar refractivity (Wildman–Crippen MR) is 152 cm³/mol. The SMILES string of the molecule is CCCCN(CC)S(=O)(=O)c1ccc(C(=O)N(CCN(C)C)c2nc3c(C)cc(C)cc3s2)cc1.Cl. The van der Waals surface area contributed by atoms with Crippen molar-refractivity contribution in [1.29, 1.82) is 0 Å². The Balaban J connectivity index is 0.00000456. The first-order chi connectivity index (χ1) is 16.6. The van der Waals surface area contributed by atoms with Gasteiger partial charge in [-0.05, 0) is 75.8 Å². The van der Waals surface area contributed by atoms with Crippen LogP contribution in [0.1, 0.15) is 48.2 Å². The molecule has 0 saturated heterocycles. The smallest absolute Gasteiger partial charge is 0.260 e. The van der Waals surface area contributed by atoms with Crippen LogP contribution in [0.15, 0.2) is 41.3 Å². The number of fused-ring (bicyclic) bond motifs is 1. The molecule has 0 aliphatic heterocycles. The minimum Gasteiger partial charge on any atom is -0.308 e. The van der Waals surface area contributed by atoms with E-state index in [1.54, 1.807) is 17.0 Å². The molecule has 1 aromatic heterocycles. The zero-order valence-electron chi connectivity index (χ0n) is 21.9. The van der Waals surface area contributed by atoms with Crippen LogP contribution >= 0.6 is 23.7 Å². The molecule has 10 heteroatoms. The van der Waals surface area contributed by atoms with Crippen LogP contribution < -0.4 is 4.90 Å². The van der Waals surface area contributed by atoms with Gasteiger partial charge in [0, 0.05) is 31.7 Å². The van der Waals surface area contributed by atoms with Crippen molar-refractivity contribution in [2.24, 2.45) is 0 Å². The highest BCUT2D eigenvalue weighted by atomic mass is 35.5. The third-order valence-corrected chi connectivity index (χ3v) is 8.93. The second kappa shape index (κ2) is 13.0.